The molecule has 8 heteroatoms. The predicted octanol–water partition coefficient (Wildman–Crippen LogP) is 1.93. The van der Waals surface area contributed by atoms with E-state index >= 15 is 0 Å². The number of anilines is 2. The van der Waals surface area contributed by atoms with Crippen LogP contribution in [0.15, 0.2) is 30.6 Å². The van der Waals surface area contributed by atoms with Crippen molar-refractivity contribution < 1.29 is 9.72 Å². The molecule has 22 heavy (non-hydrogen) atoms. The van der Waals surface area contributed by atoms with Gasteiger partial charge < -0.3 is 10.2 Å². The first kappa shape index (κ1) is 15.5. The van der Waals surface area contributed by atoms with Gasteiger partial charge in [-0.25, -0.2) is 0 Å². The number of nitrogens with one attached hydrogen (secondary N) is 1. The van der Waals surface area contributed by atoms with Crippen molar-refractivity contribution in [1.29, 1.82) is 0 Å². The number of benzene rings is 1. The highest BCUT2D eigenvalue weighted by Crippen LogP contribution is 2.28. The van der Waals surface area contributed by atoms with E-state index in [9.17, 15) is 14.9 Å². The lowest BCUT2D eigenvalue weighted by Crippen LogP contribution is -2.26. The number of amides is 1. The third-order valence-corrected chi connectivity index (χ3v) is 3.06. The van der Waals surface area contributed by atoms with Crippen molar-refractivity contribution in [1.82, 2.24) is 14.7 Å². The molecule has 0 aliphatic heterocycles. The lowest BCUT2D eigenvalue weighted by Gasteiger charge is -2.09. The molecule has 0 atom stereocenters. The predicted molar refractivity (Wildman–Crippen MR) is 82.0 cm³/mol. The number of aryl methyl sites for hydroxylation is 1. The number of nitro benzene ring substituents is 1. The van der Waals surface area contributed by atoms with E-state index in [0.29, 0.717) is 11.4 Å². The third kappa shape index (κ3) is 3.60. The number of carbonyl (C=O) groups excluding carboxylic acids is 1. The molecule has 1 aromatic carbocycles. The van der Waals surface area contributed by atoms with Crippen LogP contribution in [0.2, 0.25) is 0 Å². The van der Waals surface area contributed by atoms with Crippen LogP contribution in [-0.4, -0.2) is 39.6 Å². The summed E-state index contributed by atoms with van der Waals surface area (Å²) in [6.07, 6.45) is 3.15. The van der Waals surface area contributed by atoms with Gasteiger partial charge in [-0.2, -0.15) is 5.10 Å². The average molecular weight is 303 g/mol. The summed E-state index contributed by atoms with van der Waals surface area (Å²) in [5.41, 5.74) is 1.77. The van der Waals surface area contributed by atoms with Crippen LogP contribution in [0.1, 0.15) is 5.56 Å². The Morgan fingerprint density at radius 2 is 2.18 bits per heavy atom. The summed E-state index contributed by atoms with van der Waals surface area (Å²) in [5.74, 6) is -0.0871. The molecule has 0 aliphatic carbocycles. The lowest BCUT2D eigenvalue weighted by atomic mass is 10.2. The van der Waals surface area contributed by atoms with Crippen LogP contribution in [0.4, 0.5) is 17.1 Å². The van der Waals surface area contributed by atoms with E-state index in [2.05, 4.69) is 10.4 Å². The number of nitro groups is 1. The SMILES string of the molecule is Cc1ccc(Nc2cnn(CC(=O)N(C)C)c2)c([N+](=O)[O-])c1. The van der Waals surface area contributed by atoms with Gasteiger partial charge in [0.25, 0.3) is 5.69 Å². The van der Waals surface area contributed by atoms with Gasteiger partial charge in [0.2, 0.25) is 5.91 Å². The van der Waals surface area contributed by atoms with Crippen molar-refractivity contribution in [3.05, 3.63) is 46.3 Å². The Morgan fingerprint density at radius 1 is 1.45 bits per heavy atom. The van der Waals surface area contributed by atoms with E-state index in [4.69, 9.17) is 0 Å². The molecule has 116 valence electrons. The van der Waals surface area contributed by atoms with Crippen molar-refractivity contribution in [3.63, 3.8) is 0 Å². The molecule has 1 amide bonds. The van der Waals surface area contributed by atoms with Gasteiger partial charge in [-0.05, 0) is 18.6 Å². The van der Waals surface area contributed by atoms with E-state index in [1.807, 2.05) is 0 Å². The highest BCUT2D eigenvalue weighted by Gasteiger charge is 2.14. The average Bonchev–Trinajstić information content (AvgIpc) is 2.87. The minimum atomic E-state index is -0.435. The summed E-state index contributed by atoms with van der Waals surface area (Å²) in [6.45, 7) is 1.91. The zero-order chi connectivity index (χ0) is 16.3. The zero-order valence-electron chi connectivity index (χ0n) is 12.6. The van der Waals surface area contributed by atoms with Gasteiger partial charge >= 0.3 is 0 Å². The van der Waals surface area contributed by atoms with E-state index in [1.54, 1.807) is 39.3 Å². The number of carbonyl (C=O) groups is 1. The maximum Gasteiger partial charge on any atom is 0.292 e. The Labute approximate surface area is 127 Å². The van der Waals surface area contributed by atoms with Crippen LogP contribution < -0.4 is 5.32 Å². The molecule has 2 aromatic rings. The maximum atomic E-state index is 11.6. The molecule has 8 nitrogen and oxygen atoms in total. The minimum Gasteiger partial charge on any atom is -0.347 e. The van der Waals surface area contributed by atoms with Crippen LogP contribution in [0.5, 0.6) is 0 Å². The molecule has 0 spiro atoms. The Kier molecular flexibility index (Phi) is 4.40. The van der Waals surface area contributed by atoms with Gasteiger partial charge in [0.1, 0.15) is 12.2 Å². The first-order valence-electron chi connectivity index (χ1n) is 6.61. The standard InChI is InChI=1S/C14H17N5O3/c1-10-4-5-12(13(6-10)19(21)22)16-11-7-15-18(8-11)9-14(20)17(2)3/h4-8,16H,9H2,1-3H3. The van der Waals surface area contributed by atoms with Crippen LogP contribution in [-0.2, 0) is 11.3 Å². The summed E-state index contributed by atoms with van der Waals surface area (Å²) < 4.78 is 1.48. The van der Waals surface area contributed by atoms with Gasteiger partial charge in [0.15, 0.2) is 0 Å². The fourth-order valence-electron chi connectivity index (χ4n) is 1.85. The molecular formula is C14H17N5O3. The Balaban J connectivity index is 2.17. The quantitative estimate of drug-likeness (QED) is 0.673. The van der Waals surface area contributed by atoms with Gasteiger partial charge in [0.05, 0.1) is 16.8 Å². The van der Waals surface area contributed by atoms with Gasteiger partial charge in [-0.15, -0.1) is 0 Å². The highest BCUT2D eigenvalue weighted by atomic mass is 16.6. The molecule has 0 unspecified atom stereocenters. The number of hydrogen-bond acceptors (Lipinski definition) is 5. The topological polar surface area (TPSA) is 93.3 Å². The largest absolute Gasteiger partial charge is 0.347 e. The molecule has 2 rings (SSSR count). The molecule has 0 saturated heterocycles. The second kappa shape index (κ2) is 6.25. The van der Waals surface area contributed by atoms with Crippen molar-refractivity contribution in [2.24, 2.45) is 0 Å². The zero-order valence-corrected chi connectivity index (χ0v) is 12.6. The number of rotatable bonds is 5. The normalized spacial score (nSPS) is 10.3. The van der Waals surface area contributed by atoms with Crippen LogP contribution in [0.25, 0.3) is 0 Å². The van der Waals surface area contributed by atoms with E-state index in [1.165, 1.54) is 21.8 Å². The molecule has 0 fully saturated rings. The number of hydrogen-bond donors (Lipinski definition) is 1. The maximum absolute atomic E-state index is 11.6. The number of nitrogens with zero attached hydrogens (tertiary/aromatic N) is 4. The van der Waals surface area contributed by atoms with Crippen LogP contribution in [0, 0.1) is 17.0 Å². The van der Waals surface area contributed by atoms with E-state index in [-0.39, 0.29) is 18.1 Å². The summed E-state index contributed by atoms with van der Waals surface area (Å²) in [4.78, 5) is 23.7. The third-order valence-electron chi connectivity index (χ3n) is 3.06. The van der Waals surface area contributed by atoms with Crippen molar-refractivity contribution in [2.45, 2.75) is 13.5 Å². The number of likely N-dealkylation sites (N-methyl/N-ethyl adjacent to an activating group) is 1. The van der Waals surface area contributed by atoms with Crippen molar-refractivity contribution in [3.8, 4) is 0 Å². The van der Waals surface area contributed by atoms with Crippen molar-refractivity contribution in [2.75, 3.05) is 19.4 Å². The summed E-state index contributed by atoms with van der Waals surface area (Å²) >= 11 is 0. The first-order chi connectivity index (χ1) is 10.4. The van der Waals surface area contributed by atoms with Crippen molar-refractivity contribution >= 4 is 23.0 Å². The summed E-state index contributed by atoms with van der Waals surface area (Å²) in [5, 5.41) is 18.1. The fourth-order valence-corrected chi connectivity index (χ4v) is 1.85. The molecule has 0 aliphatic rings. The molecule has 0 radical (unpaired) electrons. The lowest BCUT2D eigenvalue weighted by molar-refractivity contribution is -0.384. The first-order valence-corrected chi connectivity index (χ1v) is 6.61. The number of aromatic nitrogens is 2. The summed E-state index contributed by atoms with van der Waals surface area (Å²) in [7, 11) is 3.33. The van der Waals surface area contributed by atoms with Gasteiger partial charge in [-0.1, -0.05) is 6.07 Å². The van der Waals surface area contributed by atoms with E-state index in [0.717, 1.165) is 5.56 Å². The molecular weight excluding hydrogens is 286 g/mol. The molecule has 0 bridgehead atoms. The van der Waals surface area contributed by atoms with Crippen LogP contribution in [0.3, 0.4) is 0 Å². The minimum absolute atomic E-state index is 0.00267. The second-order valence-corrected chi connectivity index (χ2v) is 5.12. The Bertz CT molecular complexity index is 708. The Morgan fingerprint density at radius 3 is 2.82 bits per heavy atom. The van der Waals surface area contributed by atoms with Gasteiger partial charge in [0, 0.05) is 26.4 Å². The monoisotopic (exact) mass is 303 g/mol. The highest BCUT2D eigenvalue weighted by molar-refractivity contribution is 5.75. The van der Waals surface area contributed by atoms with Gasteiger partial charge in [-0.3, -0.25) is 19.6 Å². The van der Waals surface area contributed by atoms with Crippen LogP contribution >= 0.6 is 0 Å². The summed E-state index contributed by atoms with van der Waals surface area (Å²) in [6, 6.07) is 4.94. The van der Waals surface area contributed by atoms with E-state index < -0.39 is 4.92 Å². The Hall–Kier alpha value is -2.90. The molecule has 1 aromatic heterocycles. The molecule has 1 N–H and O–H groups in total. The smallest absolute Gasteiger partial charge is 0.292 e. The fraction of sp³-hybridized carbons (Fsp3) is 0.286. The molecule has 1 heterocycles. The second-order valence-electron chi connectivity index (χ2n) is 5.12. The molecule has 0 saturated carbocycles.